The quantitative estimate of drug-likeness (QED) is 0.746. The average molecular weight is 312 g/mol. The lowest BCUT2D eigenvalue weighted by Gasteiger charge is -2.25. The first-order valence-electron chi connectivity index (χ1n) is 7.73. The Kier molecular flexibility index (Phi) is 4.74. The molecule has 3 nitrogen and oxygen atoms in total. The minimum absolute atomic E-state index is 0.181. The molecule has 0 saturated heterocycles. The highest BCUT2D eigenvalue weighted by Crippen LogP contribution is 2.20. The Balaban J connectivity index is 1.64. The molecule has 1 unspecified atom stereocenters. The van der Waals surface area contributed by atoms with E-state index in [1.165, 1.54) is 12.1 Å². The van der Waals surface area contributed by atoms with Crippen LogP contribution in [0.15, 0.2) is 59.0 Å². The van der Waals surface area contributed by atoms with Crippen molar-refractivity contribution in [1.29, 1.82) is 0 Å². The number of rotatable bonds is 6. The number of para-hydroxylation sites is 1. The van der Waals surface area contributed by atoms with Crippen LogP contribution in [-0.4, -0.2) is 25.5 Å². The molecule has 0 amide bonds. The third-order valence-corrected chi connectivity index (χ3v) is 3.99. The smallest absolute Gasteiger partial charge is 0.134 e. The molecule has 0 fully saturated rings. The molecule has 3 rings (SSSR count). The van der Waals surface area contributed by atoms with Gasteiger partial charge < -0.3 is 14.6 Å². The van der Waals surface area contributed by atoms with Gasteiger partial charge in [-0.2, -0.15) is 0 Å². The van der Waals surface area contributed by atoms with Crippen LogP contribution in [0.5, 0.6) is 0 Å². The molecule has 3 aromatic rings. The number of hydrogen-bond acceptors (Lipinski definition) is 3. The Labute approximate surface area is 135 Å². The molecular formula is C19H21FN2O. The second kappa shape index (κ2) is 6.94. The number of benzene rings is 2. The van der Waals surface area contributed by atoms with E-state index in [4.69, 9.17) is 4.42 Å². The number of hydrogen-bond donors (Lipinski definition) is 1. The molecule has 1 N–H and O–H groups in total. The topological polar surface area (TPSA) is 28.4 Å². The Bertz CT molecular complexity index is 731. The van der Waals surface area contributed by atoms with Crippen molar-refractivity contribution in [3.05, 3.63) is 71.7 Å². The molecule has 0 spiro atoms. The van der Waals surface area contributed by atoms with Gasteiger partial charge in [0.15, 0.2) is 0 Å². The fourth-order valence-corrected chi connectivity index (χ4v) is 2.74. The first-order chi connectivity index (χ1) is 11.1. The maximum atomic E-state index is 13.1. The number of nitrogens with one attached hydrogen (secondary N) is 1. The van der Waals surface area contributed by atoms with Crippen LogP contribution in [0.25, 0.3) is 11.0 Å². The third kappa shape index (κ3) is 3.78. The summed E-state index contributed by atoms with van der Waals surface area (Å²) < 4.78 is 18.9. The molecule has 1 atom stereocenters. The van der Waals surface area contributed by atoms with Crippen molar-refractivity contribution < 1.29 is 8.81 Å². The van der Waals surface area contributed by atoms with Gasteiger partial charge in [-0.15, -0.1) is 0 Å². The van der Waals surface area contributed by atoms with Gasteiger partial charge in [0.1, 0.15) is 17.2 Å². The summed E-state index contributed by atoms with van der Waals surface area (Å²) in [7, 11) is 4.05. The second-order valence-corrected chi connectivity index (χ2v) is 5.91. The summed E-state index contributed by atoms with van der Waals surface area (Å²) in [5.74, 6) is 0.712. The van der Waals surface area contributed by atoms with E-state index < -0.39 is 0 Å². The molecule has 4 heteroatoms. The lowest BCUT2D eigenvalue weighted by Crippen LogP contribution is -2.30. The Morgan fingerprint density at radius 3 is 2.52 bits per heavy atom. The molecule has 23 heavy (non-hydrogen) atoms. The predicted molar refractivity (Wildman–Crippen MR) is 90.7 cm³/mol. The SMILES string of the molecule is CN(C)C(CNCc1cc2ccccc2o1)c1ccc(F)cc1. The summed E-state index contributed by atoms with van der Waals surface area (Å²) in [6, 6.07) is 16.9. The van der Waals surface area contributed by atoms with Crippen LogP contribution in [0.3, 0.4) is 0 Å². The highest BCUT2D eigenvalue weighted by Gasteiger charge is 2.14. The summed E-state index contributed by atoms with van der Waals surface area (Å²) in [4.78, 5) is 2.12. The molecule has 2 aromatic carbocycles. The Morgan fingerprint density at radius 1 is 1.09 bits per heavy atom. The van der Waals surface area contributed by atoms with Crippen LogP contribution in [-0.2, 0) is 6.54 Å². The van der Waals surface area contributed by atoms with E-state index in [0.717, 1.165) is 28.8 Å². The zero-order valence-electron chi connectivity index (χ0n) is 13.4. The average Bonchev–Trinajstić information content (AvgIpc) is 2.95. The first-order valence-corrected chi connectivity index (χ1v) is 7.73. The van der Waals surface area contributed by atoms with Crippen molar-refractivity contribution in [3.8, 4) is 0 Å². The molecule has 0 bridgehead atoms. The van der Waals surface area contributed by atoms with Gasteiger partial charge in [0, 0.05) is 18.0 Å². The highest BCUT2D eigenvalue weighted by atomic mass is 19.1. The zero-order chi connectivity index (χ0) is 16.2. The lowest BCUT2D eigenvalue weighted by molar-refractivity contribution is 0.286. The summed E-state index contributed by atoms with van der Waals surface area (Å²) in [6.07, 6.45) is 0. The van der Waals surface area contributed by atoms with Crippen molar-refractivity contribution in [3.63, 3.8) is 0 Å². The van der Waals surface area contributed by atoms with E-state index in [1.54, 1.807) is 0 Å². The van der Waals surface area contributed by atoms with E-state index in [-0.39, 0.29) is 11.9 Å². The van der Waals surface area contributed by atoms with Crippen LogP contribution < -0.4 is 5.32 Å². The highest BCUT2D eigenvalue weighted by molar-refractivity contribution is 5.77. The molecular weight excluding hydrogens is 291 g/mol. The van der Waals surface area contributed by atoms with E-state index >= 15 is 0 Å². The van der Waals surface area contributed by atoms with Gasteiger partial charge in [-0.1, -0.05) is 30.3 Å². The van der Waals surface area contributed by atoms with Crippen LogP contribution >= 0.6 is 0 Å². The number of nitrogens with zero attached hydrogens (tertiary/aromatic N) is 1. The summed E-state index contributed by atoms with van der Waals surface area (Å²) in [5.41, 5.74) is 2.00. The van der Waals surface area contributed by atoms with Gasteiger partial charge in [0.05, 0.1) is 6.54 Å². The number of likely N-dealkylation sites (N-methyl/N-ethyl adjacent to an activating group) is 1. The monoisotopic (exact) mass is 312 g/mol. The van der Waals surface area contributed by atoms with Crippen LogP contribution in [0, 0.1) is 5.82 Å². The largest absolute Gasteiger partial charge is 0.460 e. The van der Waals surface area contributed by atoms with Gasteiger partial charge in [-0.05, 0) is 43.9 Å². The van der Waals surface area contributed by atoms with E-state index in [9.17, 15) is 4.39 Å². The number of fused-ring (bicyclic) bond motifs is 1. The van der Waals surface area contributed by atoms with Crippen molar-refractivity contribution in [1.82, 2.24) is 10.2 Å². The first kappa shape index (κ1) is 15.7. The van der Waals surface area contributed by atoms with Gasteiger partial charge in [-0.3, -0.25) is 0 Å². The minimum Gasteiger partial charge on any atom is -0.460 e. The van der Waals surface area contributed by atoms with Gasteiger partial charge in [-0.25, -0.2) is 4.39 Å². The molecule has 0 radical (unpaired) electrons. The number of halogens is 1. The normalized spacial score (nSPS) is 12.9. The van der Waals surface area contributed by atoms with Crippen LogP contribution in [0.4, 0.5) is 4.39 Å². The van der Waals surface area contributed by atoms with Crippen LogP contribution in [0.2, 0.25) is 0 Å². The second-order valence-electron chi connectivity index (χ2n) is 5.91. The molecule has 0 aliphatic rings. The van der Waals surface area contributed by atoms with Gasteiger partial charge >= 0.3 is 0 Å². The maximum absolute atomic E-state index is 13.1. The fraction of sp³-hybridized carbons (Fsp3) is 0.263. The van der Waals surface area contributed by atoms with Crippen LogP contribution in [0.1, 0.15) is 17.4 Å². The summed E-state index contributed by atoms with van der Waals surface area (Å²) in [5, 5.41) is 4.55. The van der Waals surface area contributed by atoms with Gasteiger partial charge in [0.2, 0.25) is 0 Å². The fourth-order valence-electron chi connectivity index (χ4n) is 2.74. The van der Waals surface area contributed by atoms with Crippen molar-refractivity contribution >= 4 is 11.0 Å². The predicted octanol–water partition coefficient (Wildman–Crippen LogP) is 3.96. The molecule has 0 saturated carbocycles. The maximum Gasteiger partial charge on any atom is 0.134 e. The standard InChI is InChI=1S/C19H21FN2O/c1-22(2)18(14-7-9-16(20)10-8-14)13-21-12-17-11-15-5-3-4-6-19(15)23-17/h3-11,18,21H,12-13H2,1-2H3. The van der Waals surface area contributed by atoms with Crippen molar-refractivity contribution in [2.24, 2.45) is 0 Å². The lowest BCUT2D eigenvalue weighted by atomic mass is 10.1. The minimum atomic E-state index is -0.207. The molecule has 0 aliphatic heterocycles. The van der Waals surface area contributed by atoms with E-state index in [0.29, 0.717) is 6.54 Å². The molecule has 120 valence electrons. The van der Waals surface area contributed by atoms with Crippen molar-refractivity contribution in [2.45, 2.75) is 12.6 Å². The number of furan rings is 1. The van der Waals surface area contributed by atoms with E-state index in [1.807, 2.05) is 50.5 Å². The summed E-state index contributed by atoms with van der Waals surface area (Å²) in [6.45, 7) is 1.43. The van der Waals surface area contributed by atoms with E-state index in [2.05, 4.69) is 16.3 Å². The Morgan fingerprint density at radius 2 is 1.83 bits per heavy atom. The zero-order valence-corrected chi connectivity index (χ0v) is 13.4. The van der Waals surface area contributed by atoms with Crippen molar-refractivity contribution in [2.75, 3.05) is 20.6 Å². The summed E-state index contributed by atoms with van der Waals surface area (Å²) >= 11 is 0. The molecule has 0 aliphatic carbocycles. The third-order valence-electron chi connectivity index (χ3n) is 3.99. The molecule has 1 heterocycles. The Hall–Kier alpha value is -2.17. The van der Waals surface area contributed by atoms with Gasteiger partial charge in [0.25, 0.3) is 0 Å². The molecule has 1 aromatic heterocycles.